The Morgan fingerprint density at radius 1 is 1.24 bits per heavy atom. The van der Waals surface area contributed by atoms with Gasteiger partial charge in [0.25, 0.3) is 0 Å². The fourth-order valence-electron chi connectivity index (χ4n) is 4.05. The number of nitrogens with zero attached hydrogens (tertiary/aromatic N) is 1. The highest BCUT2D eigenvalue weighted by Crippen LogP contribution is 2.45. The second kappa shape index (κ2) is 8.41. The van der Waals surface area contributed by atoms with Crippen molar-refractivity contribution in [3.8, 4) is 0 Å². The molecule has 0 spiro atoms. The number of carbonyl (C=O) groups is 2. The SMILES string of the molecule is CC(C)CNC(=O)CN1c2ccccc2NC2=C(C(=O)CCC2)C1c1cccs1. The summed E-state index contributed by atoms with van der Waals surface area (Å²) in [5.41, 5.74) is 3.71. The first kappa shape index (κ1) is 19.7. The minimum atomic E-state index is -0.251. The molecule has 0 bridgehead atoms. The molecule has 4 rings (SSSR count). The zero-order valence-electron chi connectivity index (χ0n) is 16.9. The summed E-state index contributed by atoms with van der Waals surface area (Å²) >= 11 is 1.63. The average Bonchev–Trinajstić information content (AvgIpc) is 3.18. The van der Waals surface area contributed by atoms with E-state index < -0.39 is 0 Å². The van der Waals surface area contributed by atoms with Gasteiger partial charge in [-0.25, -0.2) is 0 Å². The van der Waals surface area contributed by atoms with Crippen molar-refractivity contribution in [2.75, 3.05) is 23.3 Å². The summed E-state index contributed by atoms with van der Waals surface area (Å²) in [6.45, 7) is 5.01. The van der Waals surface area contributed by atoms with E-state index in [4.69, 9.17) is 0 Å². The summed E-state index contributed by atoms with van der Waals surface area (Å²) in [6, 6.07) is 11.8. The minimum absolute atomic E-state index is 0.0256. The number of para-hydroxylation sites is 2. The number of rotatable bonds is 5. The van der Waals surface area contributed by atoms with Gasteiger partial charge in [-0.1, -0.05) is 32.0 Å². The summed E-state index contributed by atoms with van der Waals surface area (Å²) in [5.74, 6) is 0.541. The molecular weight excluding hydrogens is 382 g/mol. The lowest BCUT2D eigenvalue weighted by atomic mass is 9.88. The van der Waals surface area contributed by atoms with Crippen LogP contribution < -0.4 is 15.5 Å². The van der Waals surface area contributed by atoms with Gasteiger partial charge in [-0.2, -0.15) is 0 Å². The number of Topliss-reactive ketones (excluding diaryl/α,β-unsaturated/α-hetero) is 1. The molecule has 1 aromatic carbocycles. The topological polar surface area (TPSA) is 61.4 Å². The van der Waals surface area contributed by atoms with Gasteiger partial charge in [0, 0.05) is 29.1 Å². The van der Waals surface area contributed by atoms with Crippen LogP contribution in [0.3, 0.4) is 0 Å². The maximum absolute atomic E-state index is 13.1. The molecule has 0 radical (unpaired) electrons. The molecule has 2 N–H and O–H groups in total. The number of hydrogen-bond acceptors (Lipinski definition) is 5. The predicted octanol–water partition coefficient (Wildman–Crippen LogP) is 4.50. The standard InChI is InChI=1S/C23H27N3O2S/c1-15(2)13-24-21(28)14-26-18-9-4-3-7-16(18)25-17-8-5-10-19(27)22(17)23(26)20-11-6-12-29-20/h3-4,6-7,9,11-12,15,23,25H,5,8,10,13-14H2,1-2H3,(H,24,28). The van der Waals surface area contributed by atoms with Crippen molar-refractivity contribution in [2.45, 2.75) is 39.2 Å². The maximum atomic E-state index is 13.1. The molecule has 152 valence electrons. The molecule has 0 saturated carbocycles. The van der Waals surface area contributed by atoms with Crippen LogP contribution in [0.4, 0.5) is 11.4 Å². The Hall–Kier alpha value is -2.60. The summed E-state index contributed by atoms with van der Waals surface area (Å²) in [4.78, 5) is 29.1. The first-order chi connectivity index (χ1) is 14.0. The van der Waals surface area contributed by atoms with E-state index in [1.807, 2.05) is 35.7 Å². The number of anilines is 2. The van der Waals surface area contributed by atoms with Gasteiger partial charge >= 0.3 is 0 Å². The molecule has 6 heteroatoms. The Morgan fingerprint density at radius 2 is 2.07 bits per heavy atom. The molecule has 0 fully saturated rings. The van der Waals surface area contributed by atoms with Crippen LogP contribution >= 0.6 is 11.3 Å². The third-order valence-electron chi connectivity index (χ3n) is 5.37. The number of ketones is 1. The number of benzene rings is 1. The Bertz CT molecular complexity index is 933. The fourth-order valence-corrected chi connectivity index (χ4v) is 4.89. The van der Waals surface area contributed by atoms with Crippen LogP contribution in [-0.2, 0) is 9.59 Å². The fraction of sp³-hybridized carbons (Fsp3) is 0.391. The van der Waals surface area contributed by atoms with Crippen molar-refractivity contribution in [1.29, 1.82) is 0 Å². The largest absolute Gasteiger partial charge is 0.357 e. The van der Waals surface area contributed by atoms with Gasteiger partial charge in [0.05, 0.1) is 24.0 Å². The van der Waals surface area contributed by atoms with Gasteiger partial charge in [0.2, 0.25) is 5.91 Å². The van der Waals surface area contributed by atoms with E-state index in [0.29, 0.717) is 18.9 Å². The van der Waals surface area contributed by atoms with Gasteiger partial charge in [0.15, 0.2) is 5.78 Å². The first-order valence-corrected chi connectivity index (χ1v) is 11.1. The molecule has 1 aromatic heterocycles. The van der Waals surface area contributed by atoms with E-state index >= 15 is 0 Å². The second-order valence-corrected chi connectivity index (χ2v) is 9.03. The molecule has 2 aliphatic rings. The van der Waals surface area contributed by atoms with E-state index in [1.165, 1.54) is 0 Å². The van der Waals surface area contributed by atoms with Crippen molar-refractivity contribution >= 4 is 34.4 Å². The lowest BCUT2D eigenvalue weighted by Gasteiger charge is -2.34. The molecule has 1 unspecified atom stereocenters. The maximum Gasteiger partial charge on any atom is 0.239 e. The molecule has 1 aliphatic carbocycles. The zero-order valence-corrected chi connectivity index (χ0v) is 17.7. The highest BCUT2D eigenvalue weighted by atomic mass is 32.1. The number of fused-ring (bicyclic) bond motifs is 1. The molecule has 29 heavy (non-hydrogen) atoms. The number of hydrogen-bond donors (Lipinski definition) is 2. The molecule has 5 nitrogen and oxygen atoms in total. The number of nitrogens with one attached hydrogen (secondary N) is 2. The average molecular weight is 410 g/mol. The Kier molecular flexibility index (Phi) is 5.72. The summed E-state index contributed by atoms with van der Waals surface area (Å²) < 4.78 is 0. The first-order valence-electron chi connectivity index (χ1n) is 10.2. The Labute approximate surface area is 175 Å². The smallest absolute Gasteiger partial charge is 0.239 e. The van der Waals surface area contributed by atoms with Crippen LogP contribution in [0.25, 0.3) is 0 Å². The van der Waals surface area contributed by atoms with Crippen LogP contribution in [-0.4, -0.2) is 24.8 Å². The number of thiophene rings is 1. The summed E-state index contributed by atoms with van der Waals surface area (Å²) in [7, 11) is 0. The zero-order chi connectivity index (χ0) is 20.4. The van der Waals surface area contributed by atoms with Gasteiger partial charge in [-0.05, 0) is 42.3 Å². The molecular formula is C23H27N3O2S. The quantitative estimate of drug-likeness (QED) is 0.763. The Morgan fingerprint density at radius 3 is 2.83 bits per heavy atom. The lowest BCUT2D eigenvalue weighted by molar-refractivity contribution is -0.120. The summed E-state index contributed by atoms with van der Waals surface area (Å²) in [5, 5.41) is 8.59. The van der Waals surface area contributed by atoms with Gasteiger partial charge in [-0.15, -0.1) is 11.3 Å². The van der Waals surface area contributed by atoms with E-state index in [1.54, 1.807) is 11.3 Å². The Balaban J connectivity index is 1.81. The number of amides is 1. The van der Waals surface area contributed by atoms with E-state index in [2.05, 4.69) is 35.4 Å². The van der Waals surface area contributed by atoms with Crippen molar-refractivity contribution in [3.05, 3.63) is 57.9 Å². The number of carbonyl (C=O) groups excluding carboxylic acids is 2. The van der Waals surface area contributed by atoms with E-state index in [9.17, 15) is 9.59 Å². The highest BCUT2D eigenvalue weighted by molar-refractivity contribution is 7.10. The third-order valence-corrected chi connectivity index (χ3v) is 6.30. The second-order valence-electron chi connectivity index (χ2n) is 8.05. The minimum Gasteiger partial charge on any atom is -0.357 e. The van der Waals surface area contributed by atoms with Crippen molar-refractivity contribution < 1.29 is 9.59 Å². The van der Waals surface area contributed by atoms with Crippen molar-refractivity contribution in [3.63, 3.8) is 0 Å². The molecule has 2 heterocycles. The molecule has 1 atom stereocenters. The van der Waals surface area contributed by atoms with Crippen LogP contribution in [0, 0.1) is 5.92 Å². The van der Waals surface area contributed by atoms with Crippen LogP contribution in [0.1, 0.15) is 44.0 Å². The molecule has 0 saturated heterocycles. The highest BCUT2D eigenvalue weighted by Gasteiger charge is 2.37. The van der Waals surface area contributed by atoms with E-state index in [0.717, 1.165) is 40.4 Å². The van der Waals surface area contributed by atoms with Crippen LogP contribution in [0.15, 0.2) is 53.0 Å². The molecule has 1 amide bonds. The van der Waals surface area contributed by atoms with Crippen LogP contribution in [0.2, 0.25) is 0 Å². The third kappa shape index (κ3) is 4.08. The van der Waals surface area contributed by atoms with Crippen LogP contribution in [0.5, 0.6) is 0 Å². The van der Waals surface area contributed by atoms with Crippen molar-refractivity contribution in [1.82, 2.24) is 5.32 Å². The predicted molar refractivity (Wildman–Crippen MR) is 118 cm³/mol. The van der Waals surface area contributed by atoms with Gasteiger partial charge in [0.1, 0.15) is 0 Å². The molecule has 1 aliphatic heterocycles. The normalized spacial score (nSPS) is 18.8. The lowest BCUT2D eigenvalue weighted by Crippen LogP contribution is -2.41. The van der Waals surface area contributed by atoms with Gasteiger partial charge < -0.3 is 15.5 Å². The van der Waals surface area contributed by atoms with E-state index in [-0.39, 0.29) is 24.3 Å². The van der Waals surface area contributed by atoms with Crippen molar-refractivity contribution in [2.24, 2.45) is 5.92 Å². The molecule has 2 aromatic rings. The van der Waals surface area contributed by atoms with Gasteiger partial charge in [-0.3, -0.25) is 9.59 Å². The summed E-state index contributed by atoms with van der Waals surface area (Å²) in [6.07, 6.45) is 2.27. The monoisotopic (exact) mass is 409 g/mol. The number of allylic oxidation sites excluding steroid dienone is 1.